The molecule has 0 radical (unpaired) electrons. The maximum absolute atomic E-state index is 13.1. The molecular weight excluding hydrogens is 430 g/mol. The minimum Gasteiger partial charge on any atom is -0.493 e. The van der Waals surface area contributed by atoms with Crippen molar-refractivity contribution in [2.45, 2.75) is 18.9 Å². The summed E-state index contributed by atoms with van der Waals surface area (Å²) in [4.78, 5) is 17.7. The topological polar surface area (TPSA) is 109 Å². The van der Waals surface area contributed by atoms with Gasteiger partial charge in [-0.25, -0.2) is 4.99 Å². The van der Waals surface area contributed by atoms with Crippen LogP contribution in [-0.4, -0.2) is 59.2 Å². The molecule has 2 heterocycles. The van der Waals surface area contributed by atoms with Crippen LogP contribution in [0.1, 0.15) is 23.2 Å². The number of hydrogen-bond donors (Lipinski definition) is 2. The van der Waals surface area contributed by atoms with Crippen LogP contribution in [0.15, 0.2) is 35.3 Å². The molecule has 0 aliphatic carbocycles. The number of anilines is 1. The molecule has 0 bridgehead atoms. The normalized spacial score (nSPS) is 16.9. The number of guanidine groups is 1. The number of rotatable bonds is 7. The third kappa shape index (κ3) is 5.23. The van der Waals surface area contributed by atoms with Crippen LogP contribution in [0.25, 0.3) is 0 Å². The van der Waals surface area contributed by atoms with Crippen LogP contribution in [0.2, 0.25) is 0 Å². The average molecular weight is 457 g/mol. The smallest absolute Gasteiger partial charge is 0.258 e. The van der Waals surface area contributed by atoms with E-state index < -0.39 is 5.91 Å². The molecular formula is C23H27N3O7. The van der Waals surface area contributed by atoms with Gasteiger partial charge in [-0.3, -0.25) is 10.1 Å². The molecule has 33 heavy (non-hydrogen) atoms. The van der Waals surface area contributed by atoms with Gasteiger partial charge in [0.15, 0.2) is 23.0 Å². The highest BCUT2D eigenvalue weighted by atomic mass is 16.7. The molecule has 1 atom stereocenters. The number of amides is 1. The van der Waals surface area contributed by atoms with E-state index in [1.807, 2.05) is 6.07 Å². The summed E-state index contributed by atoms with van der Waals surface area (Å²) in [6, 6.07) is 8.56. The summed E-state index contributed by atoms with van der Waals surface area (Å²) in [6.45, 7) is 1.32. The number of hydrogen-bond acceptors (Lipinski definition) is 8. The molecule has 2 aromatic carbocycles. The van der Waals surface area contributed by atoms with Crippen LogP contribution >= 0.6 is 0 Å². The average Bonchev–Trinajstić information content (AvgIpc) is 3.53. The van der Waals surface area contributed by atoms with Gasteiger partial charge in [0.25, 0.3) is 5.91 Å². The Hall–Kier alpha value is -3.66. The van der Waals surface area contributed by atoms with E-state index in [1.165, 1.54) is 21.3 Å². The molecule has 176 valence electrons. The molecule has 0 unspecified atom stereocenters. The van der Waals surface area contributed by atoms with Crippen LogP contribution in [0.5, 0.6) is 28.7 Å². The largest absolute Gasteiger partial charge is 0.493 e. The summed E-state index contributed by atoms with van der Waals surface area (Å²) >= 11 is 0. The van der Waals surface area contributed by atoms with E-state index in [2.05, 4.69) is 15.6 Å². The van der Waals surface area contributed by atoms with Gasteiger partial charge in [0.2, 0.25) is 18.5 Å². The fraction of sp³-hybridized carbons (Fsp3) is 0.391. The molecule has 0 saturated carbocycles. The number of aliphatic imine (C=N–C) groups is 1. The number of fused-ring (bicyclic) bond motifs is 1. The Labute approximate surface area is 191 Å². The van der Waals surface area contributed by atoms with E-state index in [9.17, 15) is 4.79 Å². The number of ether oxygens (including phenoxy) is 6. The van der Waals surface area contributed by atoms with E-state index in [-0.39, 0.29) is 18.9 Å². The maximum atomic E-state index is 13.1. The van der Waals surface area contributed by atoms with Gasteiger partial charge in [-0.2, -0.15) is 0 Å². The van der Waals surface area contributed by atoms with E-state index in [1.54, 1.807) is 24.3 Å². The van der Waals surface area contributed by atoms with Crippen molar-refractivity contribution >= 4 is 17.6 Å². The SMILES string of the molecule is COc1cc(C(=O)NC(=NC[C@@H]2CCCO2)Nc2ccc3c(c2)OCO3)cc(OC)c1OC. The predicted octanol–water partition coefficient (Wildman–Crippen LogP) is 2.82. The summed E-state index contributed by atoms with van der Waals surface area (Å²) in [6.07, 6.45) is 1.96. The first-order valence-corrected chi connectivity index (χ1v) is 10.6. The number of benzene rings is 2. The third-order valence-electron chi connectivity index (χ3n) is 5.27. The highest BCUT2D eigenvalue weighted by Crippen LogP contribution is 2.38. The Morgan fingerprint density at radius 2 is 1.82 bits per heavy atom. The highest BCUT2D eigenvalue weighted by molar-refractivity contribution is 6.10. The monoisotopic (exact) mass is 457 g/mol. The van der Waals surface area contributed by atoms with Gasteiger partial charge in [-0.15, -0.1) is 0 Å². The second kappa shape index (κ2) is 10.3. The van der Waals surface area contributed by atoms with Crippen molar-refractivity contribution in [1.82, 2.24) is 5.32 Å². The van der Waals surface area contributed by atoms with Crippen molar-refractivity contribution in [1.29, 1.82) is 0 Å². The molecule has 1 saturated heterocycles. The Bertz CT molecular complexity index is 1010. The number of methoxy groups -OCH3 is 3. The number of carbonyl (C=O) groups is 1. The van der Waals surface area contributed by atoms with Crippen molar-refractivity contribution in [3.8, 4) is 28.7 Å². The van der Waals surface area contributed by atoms with E-state index in [0.717, 1.165) is 19.4 Å². The minimum absolute atomic E-state index is 0.0247. The van der Waals surface area contributed by atoms with E-state index >= 15 is 0 Å². The lowest BCUT2D eigenvalue weighted by Crippen LogP contribution is -2.36. The first kappa shape index (κ1) is 22.5. The lowest BCUT2D eigenvalue weighted by atomic mass is 10.1. The third-order valence-corrected chi connectivity index (χ3v) is 5.27. The first-order valence-electron chi connectivity index (χ1n) is 10.6. The van der Waals surface area contributed by atoms with Crippen molar-refractivity contribution in [3.05, 3.63) is 35.9 Å². The van der Waals surface area contributed by atoms with Crippen LogP contribution in [-0.2, 0) is 4.74 Å². The summed E-state index contributed by atoms with van der Waals surface area (Å²) < 4.78 is 32.5. The lowest BCUT2D eigenvalue weighted by molar-refractivity contribution is 0.0974. The van der Waals surface area contributed by atoms with Crippen molar-refractivity contribution in [2.75, 3.05) is 46.6 Å². The molecule has 2 N–H and O–H groups in total. The van der Waals surface area contributed by atoms with Gasteiger partial charge in [-0.05, 0) is 37.1 Å². The molecule has 1 amide bonds. The Balaban J connectivity index is 1.56. The van der Waals surface area contributed by atoms with Gasteiger partial charge in [-0.1, -0.05) is 0 Å². The summed E-state index contributed by atoms with van der Waals surface area (Å²) in [5.41, 5.74) is 1.01. The predicted molar refractivity (Wildman–Crippen MR) is 121 cm³/mol. The summed E-state index contributed by atoms with van der Waals surface area (Å²) in [5, 5.41) is 5.99. The Morgan fingerprint density at radius 1 is 1.06 bits per heavy atom. The molecule has 0 spiro atoms. The zero-order chi connectivity index (χ0) is 23.2. The quantitative estimate of drug-likeness (QED) is 0.483. The van der Waals surface area contributed by atoms with Crippen molar-refractivity contribution in [3.63, 3.8) is 0 Å². The second-order valence-corrected chi connectivity index (χ2v) is 7.39. The molecule has 2 aliphatic heterocycles. The van der Waals surface area contributed by atoms with Gasteiger partial charge in [0.05, 0.1) is 34.0 Å². The zero-order valence-corrected chi connectivity index (χ0v) is 18.8. The van der Waals surface area contributed by atoms with E-state index in [0.29, 0.717) is 46.5 Å². The summed E-state index contributed by atoms with van der Waals surface area (Å²) in [7, 11) is 4.49. The number of nitrogens with zero attached hydrogens (tertiary/aromatic N) is 1. The standard InChI is InChI=1S/C23H27N3O7/c1-28-19-9-14(10-20(29-2)21(19)30-3)22(27)26-23(24-12-16-5-4-8-31-16)25-15-6-7-17-18(11-15)33-13-32-17/h6-7,9-11,16H,4-5,8,12-13H2,1-3H3,(H2,24,25,26,27)/t16-/m0/s1. The Morgan fingerprint density at radius 3 is 2.48 bits per heavy atom. The van der Waals surface area contributed by atoms with Gasteiger partial charge in [0.1, 0.15) is 0 Å². The van der Waals surface area contributed by atoms with Crippen molar-refractivity contribution in [2.24, 2.45) is 4.99 Å². The molecule has 10 nitrogen and oxygen atoms in total. The van der Waals surface area contributed by atoms with Crippen LogP contribution < -0.4 is 34.3 Å². The summed E-state index contributed by atoms with van der Waals surface area (Å²) in [5.74, 6) is 2.33. The Kier molecular flexibility index (Phi) is 7.04. The first-order chi connectivity index (χ1) is 16.1. The molecule has 0 aromatic heterocycles. The van der Waals surface area contributed by atoms with Gasteiger partial charge in [0, 0.05) is 23.9 Å². The number of nitrogens with one attached hydrogen (secondary N) is 2. The maximum Gasteiger partial charge on any atom is 0.258 e. The molecule has 2 aromatic rings. The minimum atomic E-state index is -0.395. The molecule has 1 fully saturated rings. The molecule has 10 heteroatoms. The molecule has 4 rings (SSSR count). The van der Waals surface area contributed by atoms with Gasteiger partial charge >= 0.3 is 0 Å². The lowest BCUT2D eigenvalue weighted by Gasteiger charge is -2.16. The van der Waals surface area contributed by atoms with Crippen LogP contribution in [0.3, 0.4) is 0 Å². The van der Waals surface area contributed by atoms with Gasteiger partial charge < -0.3 is 33.7 Å². The van der Waals surface area contributed by atoms with Crippen LogP contribution in [0, 0.1) is 0 Å². The van der Waals surface area contributed by atoms with Crippen molar-refractivity contribution < 1.29 is 33.2 Å². The number of carbonyl (C=O) groups excluding carboxylic acids is 1. The fourth-order valence-corrected chi connectivity index (χ4v) is 3.59. The highest BCUT2D eigenvalue weighted by Gasteiger charge is 2.20. The molecule has 2 aliphatic rings. The van der Waals surface area contributed by atoms with E-state index in [4.69, 9.17) is 28.4 Å². The fourth-order valence-electron chi connectivity index (χ4n) is 3.59. The van der Waals surface area contributed by atoms with Crippen LogP contribution in [0.4, 0.5) is 5.69 Å². The zero-order valence-electron chi connectivity index (χ0n) is 18.8. The second-order valence-electron chi connectivity index (χ2n) is 7.39.